The van der Waals surface area contributed by atoms with Crippen LogP contribution >= 0.6 is 0 Å². The van der Waals surface area contributed by atoms with E-state index < -0.39 is 0 Å². The predicted molar refractivity (Wildman–Crippen MR) is 74.9 cm³/mol. The summed E-state index contributed by atoms with van der Waals surface area (Å²) in [5.74, 6) is 0.788. The molecule has 2 rings (SSSR count). The van der Waals surface area contributed by atoms with Gasteiger partial charge in [0.2, 0.25) is 0 Å². The molecular weight excluding hydrogens is 240 g/mol. The van der Waals surface area contributed by atoms with Gasteiger partial charge in [-0.15, -0.1) is 0 Å². The molecule has 0 saturated heterocycles. The van der Waals surface area contributed by atoms with Gasteiger partial charge in [-0.25, -0.2) is 9.97 Å². The Hall–Kier alpha value is -2.69. The normalized spacial score (nSPS) is 11.9. The van der Waals surface area contributed by atoms with E-state index in [0.29, 0.717) is 23.0 Å². The van der Waals surface area contributed by atoms with Gasteiger partial charge in [-0.05, 0) is 6.92 Å². The van der Waals surface area contributed by atoms with Gasteiger partial charge in [0.15, 0.2) is 17.3 Å². The van der Waals surface area contributed by atoms with Crippen LogP contribution in [-0.4, -0.2) is 15.1 Å². The molecule has 19 heavy (non-hydrogen) atoms. The Morgan fingerprint density at radius 3 is 2.95 bits per heavy atom. The molecule has 0 atom stereocenters. The first-order chi connectivity index (χ1) is 9.26. The fraction of sp³-hybridized carbons (Fsp3) is 0.0714. The summed E-state index contributed by atoms with van der Waals surface area (Å²) in [4.78, 5) is 8.57. The highest BCUT2D eigenvalue weighted by Gasteiger charge is 2.11. The summed E-state index contributed by atoms with van der Waals surface area (Å²) in [5, 5.41) is 3.64. The zero-order valence-corrected chi connectivity index (χ0v) is 10.6. The second kappa shape index (κ2) is 5.77. The van der Waals surface area contributed by atoms with Crippen LogP contribution < -0.4 is 5.73 Å². The topological polar surface area (TPSA) is 77.8 Å². The molecule has 0 unspecified atom stereocenters. The SMILES string of the molecule is C=C/C(=C\C=C/C)c1cnc(N)c(-c2ccno2)n1. The van der Waals surface area contributed by atoms with E-state index in [2.05, 4.69) is 21.7 Å². The average Bonchev–Trinajstić information content (AvgIpc) is 2.95. The lowest BCUT2D eigenvalue weighted by atomic mass is 10.1. The summed E-state index contributed by atoms with van der Waals surface area (Å²) < 4.78 is 5.06. The van der Waals surface area contributed by atoms with Crippen molar-refractivity contribution in [3.05, 3.63) is 55.0 Å². The van der Waals surface area contributed by atoms with Crippen molar-refractivity contribution in [1.29, 1.82) is 0 Å². The summed E-state index contributed by atoms with van der Waals surface area (Å²) in [5.41, 5.74) is 7.80. The lowest BCUT2D eigenvalue weighted by Gasteiger charge is -2.04. The molecule has 0 bridgehead atoms. The van der Waals surface area contributed by atoms with E-state index in [1.54, 1.807) is 18.3 Å². The Bertz CT molecular complexity index is 627. The molecule has 0 radical (unpaired) electrons. The molecule has 2 aromatic heterocycles. The number of nitrogens with two attached hydrogens (primary N) is 1. The van der Waals surface area contributed by atoms with Gasteiger partial charge in [0.1, 0.15) is 0 Å². The van der Waals surface area contributed by atoms with E-state index in [4.69, 9.17) is 10.3 Å². The van der Waals surface area contributed by atoms with Gasteiger partial charge in [-0.2, -0.15) is 0 Å². The maximum atomic E-state index is 5.80. The van der Waals surface area contributed by atoms with Crippen LogP contribution in [0.2, 0.25) is 0 Å². The third-order valence-electron chi connectivity index (χ3n) is 2.46. The molecule has 5 nitrogen and oxygen atoms in total. The molecule has 96 valence electrons. The number of aromatic nitrogens is 3. The van der Waals surface area contributed by atoms with Crippen LogP contribution in [0.15, 0.2) is 53.9 Å². The molecule has 2 N–H and O–H groups in total. The van der Waals surface area contributed by atoms with Gasteiger partial charge >= 0.3 is 0 Å². The van der Waals surface area contributed by atoms with Gasteiger partial charge < -0.3 is 10.3 Å². The van der Waals surface area contributed by atoms with Gasteiger partial charge in [0.05, 0.1) is 18.1 Å². The minimum absolute atomic E-state index is 0.301. The van der Waals surface area contributed by atoms with Crippen molar-refractivity contribution in [3.63, 3.8) is 0 Å². The Morgan fingerprint density at radius 2 is 2.32 bits per heavy atom. The van der Waals surface area contributed by atoms with Crippen LogP contribution in [0.1, 0.15) is 12.6 Å². The molecule has 0 aliphatic rings. The highest BCUT2D eigenvalue weighted by atomic mass is 16.5. The van der Waals surface area contributed by atoms with Crippen LogP contribution in [0.3, 0.4) is 0 Å². The molecule has 0 aliphatic heterocycles. The third-order valence-corrected chi connectivity index (χ3v) is 2.46. The van der Waals surface area contributed by atoms with Gasteiger partial charge in [0.25, 0.3) is 0 Å². The van der Waals surface area contributed by atoms with Crippen molar-refractivity contribution in [2.24, 2.45) is 0 Å². The van der Waals surface area contributed by atoms with Crippen molar-refractivity contribution in [2.75, 3.05) is 5.73 Å². The van der Waals surface area contributed by atoms with Gasteiger partial charge in [0, 0.05) is 11.6 Å². The molecule has 0 fully saturated rings. The van der Waals surface area contributed by atoms with Crippen LogP contribution in [0.5, 0.6) is 0 Å². The predicted octanol–water partition coefficient (Wildman–Crippen LogP) is 2.86. The highest BCUT2D eigenvalue weighted by molar-refractivity contribution is 5.75. The largest absolute Gasteiger partial charge is 0.382 e. The number of anilines is 1. The maximum Gasteiger partial charge on any atom is 0.188 e. The summed E-state index contributed by atoms with van der Waals surface area (Å²) >= 11 is 0. The van der Waals surface area contributed by atoms with Crippen molar-refractivity contribution in [1.82, 2.24) is 15.1 Å². The molecule has 0 aliphatic carbocycles. The lowest BCUT2D eigenvalue weighted by molar-refractivity contribution is 0.431. The van der Waals surface area contributed by atoms with Crippen molar-refractivity contribution < 1.29 is 4.52 Å². The summed E-state index contributed by atoms with van der Waals surface area (Å²) in [6.45, 7) is 5.70. The summed E-state index contributed by atoms with van der Waals surface area (Å²) in [6, 6.07) is 1.69. The second-order valence-electron chi connectivity index (χ2n) is 3.72. The zero-order valence-electron chi connectivity index (χ0n) is 10.6. The molecule has 0 amide bonds. The van der Waals surface area contributed by atoms with Crippen molar-refractivity contribution in [3.8, 4) is 11.5 Å². The molecule has 0 aromatic carbocycles. The maximum absolute atomic E-state index is 5.80. The quantitative estimate of drug-likeness (QED) is 0.849. The molecular formula is C14H14N4O. The van der Waals surface area contributed by atoms with Crippen molar-refractivity contribution in [2.45, 2.75) is 6.92 Å². The Labute approximate surface area is 111 Å². The van der Waals surface area contributed by atoms with E-state index in [9.17, 15) is 0 Å². The number of hydrogen-bond donors (Lipinski definition) is 1. The van der Waals surface area contributed by atoms with Crippen molar-refractivity contribution >= 4 is 11.4 Å². The van der Waals surface area contributed by atoms with E-state index >= 15 is 0 Å². The minimum atomic E-state index is 0.301. The number of nitrogen functional groups attached to an aromatic ring is 1. The zero-order chi connectivity index (χ0) is 13.7. The first-order valence-electron chi connectivity index (χ1n) is 5.75. The monoisotopic (exact) mass is 254 g/mol. The van der Waals surface area contributed by atoms with Gasteiger partial charge in [-0.1, -0.05) is 36.0 Å². The van der Waals surface area contributed by atoms with E-state index in [1.807, 2.05) is 25.2 Å². The smallest absolute Gasteiger partial charge is 0.188 e. The Morgan fingerprint density at radius 1 is 1.47 bits per heavy atom. The van der Waals surface area contributed by atoms with Crippen LogP contribution in [-0.2, 0) is 0 Å². The Balaban J connectivity index is 2.49. The molecule has 0 spiro atoms. The van der Waals surface area contributed by atoms with E-state index in [1.165, 1.54) is 6.20 Å². The fourth-order valence-corrected chi connectivity index (χ4v) is 1.51. The first kappa shape index (κ1) is 12.8. The van der Waals surface area contributed by atoms with Crippen LogP contribution in [0.4, 0.5) is 5.82 Å². The molecule has 0 saturated carbocycles. The van der Waals surface area contributed by atoms with E-state index in [-0.39, 0.29) is 0 Å². The second-order valence-corrected chi connectivity index (χ2v) is 3.72. The fourth-order valence-electron chi connectivity index (χ4n) is 1.51. The molecule has 2 heterocycles. The number of rotatable bonds is 4. The summed E-state index contributed by atoms with van der Waals surface area (Å²) in [6.07, 6.45) is 10.6. The molecule has 5 heteroatoms. The minimum Gasteiger partial charge on any atom is -0.382 e. The Kier molecular flexibility index (Phi) is 3.87. The first-order valence-corrected chi connectivity index (χ1v) is 5.75. The van der Waals surface area contributed by atoms with Crippen LogP contribution in [0.25, 0.3) is 17.0 Å². The average molecular weight is 254 g/mol. The number of nitrogens with zero attached hydrogens (tertiary/aromatic N) is 3. The van der Waals surface area contributed by atoms with Crippen LogP contribution in [0, 0.1) is 0 Å². The van der Waals surface area contributed by atoms with Gasteiger partial charge in [-0.3, -0.25) is 0 Å². The molecule has 2 aromatic rings. The third kappa shape index (κ3) is 2.77. The number of allylic oxidation sites excluding steroid dienone is 5. The number of hydrogen-bond acceptors (Lipinski definition) is 5. The highest BCUT2D eigenvalue weighted by Crippen LogP contribution is 2.24. The standard InChI is InChI=1S/C14H14N4O/c1-3-5-6-10(4-2)11-9-16-14(15)13(18-11)12-7-8-17-19-12/h3-9H,2H2,1H3,(H2,15,16)/b5-3-,10-6+. The van der Waals surface area contributed by atoms with E-state index in [0.717, 1.165) is 5.57 Å². The summed E-state index contributed by atoms with van der Waals surface area (Å²) in [7, 11) is 0. The lowest BCUT2D eigenvalue weighted by Crippen LogP contribution is -1.99.